The van der Waals surface area contributed by atoms with E-state index in [0.717, 1.165) is 35.9 Å². The lowest BCUT2D eigenvalue weighted by Crippen LogP contribution is -2.43. The Bertz CT molecular complexity index is 963. The molecule has 0 radical (unpaired) electrons. The molecule has 0 N–H and O–H groups in total. The SMILES string of the molecule is COc1ccc2c(C)c(C(=O)N3CCCC(OCc4ccccc4)C3)oc2c1. The highest BCUT2D eigenvalue weighted by atomic mass is 16.5. The van der Waals surface area contributed by atoms with Gasteiger partial charge >= 0.3 is 0 Å². The molecule has 0 aliphatic carbocycles. The van der Waals surface area contributed by atoms with E-state index in [1.165, 1.54) is 0 Å². The van der Waals surface area contributed by atoms with Gasteiger partial charge in [-0.05, 0) is 37.5 Å². The summed E-state index contributed by atoms with van der Waals surface area (Å²) in [4.78, 5) is 15.0. The maximum Gasteiger partial charge on any atom is 0.289 e. The van der Waals surface area contributed by atoms with Crippen LogP contribution < -0.4 is 4.74 Å². The van der Waals surface area contributed by atoms with Crippen LogP contribution in [0.15, 0.2) is 52.9 Å². The van der Waals surface area contributed by atoms with Gasteiger partial charge < -0.3 is 18.8 Å². The Morgan fingerprint density at radius 2 is 2.04 bits per heavy atom. The van der Waals surface area contributed by atoms with Gasteiger partial charge in [0.25, 0.3) is 5.91 Å². The van der Waals surface area contributed by atoms with Crippen LogP contribution in [-0.2, 0) is 11.3 Å². The molecule has 146 valence electrons. The van der Waals surface area contributed by atoms with E-state index in [1.807, 2.05) is 48.2 Å². The van der Waals surface area contributed by atoms with Gasteiger partial charge in [0.15, 0.2) is 5.76 Å². The predicted molar refractivity (Wildman–Crippen MR) is 108 cm³/mol. The van der Waals surface area contributed by atoms with Crippen molar-refractivity contribution in [2.45, 2.75) is 32.5 Å². The summed E-state index contributed by atoms with van der Waals surface area (Å²) < 4.78 is 17.2. The minimum absolute atomic E-state index is 0.0442. The third kappa shape index (κ3) is 3.76. The predicted octanol–water partition coefficient (Wildman–Crippen LogP) is 4.57. The molecule has 1 aromatic heterocycles. The smallest absolute Gasteiger partial charge is 0.289 e. The third-order valence-electron chi connectivity index (χ3n) is 5.33. The first-order valence-electron chi connectivity index (χ1n) is 9.67. The number of piperidine rings is 1. The number of fused-ring (bicyclic) bond motifs is 1. The normalized spacial score (nSPS) is 17.1. The van der Waals surface area contributed by atoms with Gasteiger partial charge in [-0.3, -0.25) is 4.79 Å². The van der Waals surface area contributed by atoms with Crippen LogP contribution in [0.3, 0.4) is 0 Å². The van der Waals surface area contributed by atoms with Crippen molar-refractivity contribution in [2.24, 2.45) is 0 Å². The summed E-state index contributed by atoms with van der Waals surface area (Å²) in [5, 5.41) is 0.943. The zero-order chi connectivity index (χ0) is 19.5. The van der Waals surface area contributed by atoms with Gasteiger partial charge in [0.2, 0.25) is 0 Å². The minimum Gasteiger partial charge on any atom is -0.497 e. The summed E-state index contributed by atoms with van der Waals surface area (Å²) in [6.45, 7) is 3.81. The van der Waals surface area contributed by atoms with Crippen molar-refractivity contribution in [2.75, 3.05) is 20.2 Å². The maximum absolute atomic E-state index is 13.1. The van der Waals surface area contributed by atoms with E-state index in [9.17, 15) is 4.79 Å². The first-order valence-corrected chi connectivity index (χ1v) is 9.67. The molecule has 1 saturated heterocycles. The number of nitrogens with zero attached hydrogens (tertiary/aromatic N) is 1. The zero-order valence-electron chi connectivity index (χ0n) is 16.3. The molecule has 4 rings (SSSR count). The molecule has 1 aliphatic rings. The van der Waals surface area contributed by atoms with E-state index in [4.69, 9.17) is 13.9 Å². The molecule has 1 aliphatic heterocycles. The maximum atomic E-state index is 13.1. The Morgan fingerprint density at radius 3 is 2.82 bits per heavy atom. The van der Waals surface area contributed by atoms with Crippen LogP contribution in [0.5, 0.6) is 5.75 Å². The fourth-order valence-electron chi connectivity index (χ4n) is 3.73. The third-order valence-corrected chi connectivity index (χ3v) is 5.33. The Balaban J connectivity index is 1.46. The number of benzene rings is 2. The average Bonchev–Trinajstić information content (AvgIpc) is 3.08. The Morgan fingerprint density at radius 1 is 1.21 bits per heavy atom. The summed E-state index contributed by atoms with van der Waals surface area (Å²) >= 11 is 0. The number of methoxy groups -OCH3 is 1. The number of ether oxygens (including phenoxy) is 2. The van der Waals surface area contributed by atoms with Gasteiger partial charge in [-0.1, -0.05) is 30.3 Å². The van der Waals surface area contributed by atoms with Gasteiger partial charge in [-0.2, -0.15) is 0 Å². The summed E-state index contributed by atoms with van der Waals surface area (Å²) in [5.41, 5.74) is 2.69. The molecule has 1 fully saturated rings. The van der Waals surface area contributed by atoms with Gasteiger partial charge in [0.05, 0.1) is 19.8 Å². The summed E-state index contributed by atoms with van der Waals surface area (Å²) in [7, 11) is 1.62. The van der Waals surface area contributed by atoms with Crippen LogP contribution in [0.25, 0.3) is 11.0 Å². The van der Waals surface area contributed by atoms with Crippen LogP contribution in [0.2, 0.25) is 0 Å². The molecule has 2 heterocycles. The first kappa shape index (κ1) is 18.6. The fourth-order valence-corrected chi connectivity index (χ4v) is 3.73. The number of likely N-dealkylation sites (tertiary alicyclic amines) is 1. The van der Waals surface area contributed by atoms with E-state index >= 15 is 0 Å². The van der Waals surface area contributed by atoms with Crippen molar-refractivity contribution in [3.63, 3.8) is 0 Å². The van der Waals surface area contributed by atoms with Crippen LogP contribution in [0.4, 0.5) is 0 Å². The number of hydrogen-bond donors (Lipinski definition) is 0. The molecule has 1 unspecified atom stereocenters. The second kappa shape index (κ2) is 8.07. The zero-order valence-corrected chi connectivity index (χ0v) is 16.3. The fraction of sp³-hybridized carbons (Fsp3) is 0.348. The van der Waals surface area contributed by atoms with E-state index in [2.05, 4.69) is 12.1 Å². The van der Waals surface area contributed by atoms with Gasteiger partial charge in [0, 0.05) is 30.1 Å². The topological polar surface area (TPSA) is 51.9 Å². The molecule has 5 nitrogen and oxygen atoms in total. The number of amides is 1. The summed E-state index contributed by atoms with van der Waals surface area (Å²) in [6.07, 6.45) is 1.94. The summed E-state index contributed by atoms with van der Waals surface area (Å²) in [5.74, 6) is 1.06. The van der Waals surface area contributed by atoms with Crippen molar-refractivity contribution in [1.82, 2.24) is 4.90 Å². The Labute approximate surface area is 164 Å². The number of carbonyl (C=O) groups excluding carboxylic acids is 1. The lowest BCUT2D eigenvalue weighted by molar-refractivity contribution is -0.00750. The molecule has 1 amide bonds. The molecule has 0 bridgehead atoms. The molecule has 2 aromatic carbocycles. The van der Waals surface area contributed by atoms with Gasteiger partial charge in [-0.15, -0.1) is 0 Å². The molecule has 1 atom stereocenters. The van der Waals surface area contributed by atoms with Crippen LogP contribution in [0.1, 0.15) is 34.5 Å². The largest absolute Gasteiger partial charge is 0.497 e. The van der Waals surface area contributed by atoms with Crippen LogP contribution >= 0.6 is 0 Å². The van der Waals surface area contributed by atoms with E-state index in [1.54, 1.807) is 7.11 Å². The van der Waals surface area contributed by atoms with Gasteiger partial charge in [0.1, 0.15) is 11.3 Å². The number of carbonyl (C=O) groups is 1. The van der Waals surface area contributed by atoms with Crippen molar-refractivity contribution < 1.29 is 18.7 Å². The molecular formula is C23H25NO4. The highest BCUT2D eigenvalue weighted by molar-refractivity contribution is 5.99. The van der Waals surface area contributed by atoms with Crippen molar-refractivity contribution in [3.05, 3.63) is 65.4 Å². The monoisotopic (exact) mass is 379 g/mol. The van der Waals surface area contributed by atoms with Crippen molar-refractivity contribution >= 4 is 16.9 Å². The second-order valence-corrected chi connectivity index (χ2v) is 7.23. The van der Waals surface area contributed by atoms with Crippen molar-refractivity contribution in [1.29, 1.82) is 0 Å². The Hall–Kier alpha value is -2.79. The van der Waals surface area contributed by atoms with E-state index < -0.39 is 0 Å². The minimum atomic E-state index is -0.0688. The molecule has 3 aromatic rings. The highest BCUT2D eigenvalue weighted by Gasteiger charge is 2.28. The van der Waals surface area contributed by atoms with Crippen LogP contribution in [-0.4, -0.2) is 37.1 Å². The van der Waals surface area contributed by atoms with E-state index in [-0.39, 0.29) is 12.0 Å². The second-order valence-electron chi connectivity index (χ2n) is 7.23. The van der Waals surface area contributed by atoms with Gasteiger partial charge in [-0.25, -0.2) is 0 Å². The first-order chi connectivity index (χ1) is 13.7. The van der Waals surface area contributed by atoms with E-state index in [0.29, 0.717) is 30.2 Å². The highest BCUT2D eigenvalue weighted by Crippen LogP contribution is 2.30. The lowest BCUT2D eigenvalue weighted by atomic mass is 10.1. The number of furan rings is 1. The quantitative estimate of drug-likeness (QED) is 0.652. The molecule has 5 heteroatoms. The average molecular weight is 379 g/mol. The summed E-state index contributed by atoms with van der Waals surface area (Å²) in [6, 6.07) is 15.8. The van der Waals surface area contributed by atoms with Crippen molar-refractivity contribution in [3.8, 4) is 5.75 Å². The van der Waals surface area contributed by atoms with Crippen LogP contribution in [0, 0.1) is 6.92 Å². The molecular weight excluding hydrogens is 354 g/mol. The Kier molecular flexibility index (Phi) is 5.35. The number of rotatable bonds is 5. The molecule has 28 heavy (non-hydrogen) atoms. The standard InChI is InChI=1S/C23H25NO4/c1-16-20-11-10-18(26-2)13-21(20)28-22(16)23(25)24-12-6-9-19(14-24)27-15-17-7-4-3-5-8-17/h3-5,7-8,10-11,13,19H,6,9,12,14-15H2,1-2H3. The number of hydrogen-bond acceptors (Lipinski definition) is 4. The number of aryl methyl sites for hydroxylation is 1. The lowest BCUT2D eigenvalue weighted by Gasteiger charge is -2.32. The molecule has 0 spiro atoms. The molecule has 0 saturated carbocycles.